The maximum absolute atomic E-state index is 10.4. The van der Waals surface area contributed by atoms with Crippen LogP contribution in [0.5, 0.6) is 0 Å². The molecule has 0 atom stereocenters. The van der Waals surface area contributed by atoms with Gasteiger partial charge in [-0.05, 0) is 11.6 Å². The molecule has 2 aromatic rings. The first-order chi connectivity index (χ1) is 8.25. The average molecular weight is 231 g/mol. The zero-order valence-electron chi connectivity index (χ0n) is 8.78. The number of pyridine rings is 1. The second-order valence-electron chi connectivity index (χ2n) is 3.24. The second-order valence-corrected chi connectivity index (χ2v) is 3.24. The van der Waals surface area contributed by atoms with Crippen LogP contribution in [0.25, 0.3) is 0 Å². The van der Waals surface area contributed by atoms with Gasteiger partial charge in [-0.2, -0.15) is 0 Å². The Morgan fingerprint density at radius 3 is 2.65 bits per heavy atom. The van der Waals surface area contributed by atoms with Crippen LogP contribution in [0, 0.1) is 10.1 Å². The fourth-order valence-electron chi connectivity index (χ4n) is 1.19. The van der Waals surface area contributed by atoms with Gasteiger partial charge in [0, 0.05) is 18.9 Å². The van der Waals surface area contributed by atoms with E-state index in [1.807, 2.05) is 12.1 Å². The summed E-state index contributed by atoms with van der Waals surface area (Å²) in [7, 11) is 0. The van der Waals surface area contributed by atoms with Crippen molar-refractivity contribution in [1.82, 2.24) is 15.0 Å². The predicted octanol–water partition coefficient (Wildman–Crippen LogP) is 1.39. The first-order valence-electron chi connectivity index (χ1n) is 4.85. The van der Waals surface area contributed by atoms with Crippen LogP contribution >= 0.6 is 0 Å². The number of nitro groups is 1. The Morgan fingerprint density at radius 2 is 2.06 bits per heavy atom. The minimum absolute atomic E-state index is 0.128. The molecular formula is C10H9N5O2. The number of hydrogen-bond donors (Lipinski definition) is 1. The van der Waals surface area contributed by atoms with E-state index in [0.29, 0.717) is 12.5 Å². The molecule has 0 aromatic carbocycles. The number of anilines is 1. The van der Waals surface area contributed by atoms with Crippen molar-refractivity contribution in [1.29, 1.82) is 0 Å². The molecular weight excluding hydrogens is 222 g/mol. The summed E-state index contributed by atoms with van der Waals surface area (Å²) >= 11 is 0. The maximum Gasteiger partial charge on any atom is 0.305 e. The van der Waals surface area contributed by atoms with E-state index in [4.69, 9.17) is 0 Å². The van der Waals surface area contributed by atoms with Crippen molar-refractivity contribution >= 4 is 11.6 Å². The number of aromatic nitrogens is 3. The molecule has 0 unspecified atom stereocenters. The lowest BCUT2D eigenvalue weighted by atomic mass is 10.3. The van der Waals surface area contributed by atoms with Gasteiger partial charge in [-0.3, -0.25) is 15.1 Å². The molecule has 0 saturated carbocycles. The molecule has 1 N–H and O–H groups in total. The Bertz CT molecular complexity index is 500. The number of hydrogen-bond acceptors (Lipinski definition) is 6. The van der Waals surface area contributed by atoms with Crippen molar-refractivity contribution in [3.8, 4) is 0 Å². The average Bonchev–Trinajstić information content (AvgIpc) is 2.38. The summed E-state index contributed by atoms with van der Waals surface area (Å²) in [6.45, 7) is 0.519. The van der Waals surface area contributed by atoms with Gasteiger partial charge in [-0.25, -0.2) is 9.97 Å². The summed E-state index contributed by atoms with van der Waals surface area (Å²) in [5.41, 5.74) is 0.853. The van der Waals surface area contributed by atoms with Crippen molar-refractivity contribution in [3.63, 3.8) is 0 Å². The Balaban J connectivity index is 1.98. The first-order valence-corrected chi connectivity index (χ1v) is 4.85. The summed E-state index contributed by atoms with van der Waals surface area (Å²) in [5, 5.41) is 13.3. The molecule has 0 aliphatic carbocycles. The van der Waals surface area contributed by atoms with Gasteiger partial charge in [0.2, 0.25) is 5.95 Å². The lowest BCUT2D eigenvalue weighted by Gasteiger charge is -2.03. The molecule has 0 amide bonds. The van der Waals surface area contributed by atoms with Crippen LogP contribution in [0.2, 0.25) is 0 Å². The maximum atomic E-state index is 10.4. The highest BCUT2D eigenvalue weighted by Gasteiger charge is 2.06. The molecule has 0 radical (unpaired) electrons. The first kappa shape index (κ1) is 10.9. The lowest BCUT2D eigenvalue weighted by molar-refractivity contribution is -0.385. The highest BCUT2D eigenvalue weighted by atomic mass is 16.6. The van der Waals surface area contributed by atoms with Crippen LogP contribution in [0.4, 0.5) is 11.6 Å². The van der Waals surface area contributed by atoms with Gasteiger partial charge in [0.15, 0.2) is 0 Å². The minimum Gasteiger partial charge on any atom is -0.350 e. The van der Waals surface area contributed by atoms with Crippen LogP contribution in [0.3, 0.4) is 0 Å². The van der Waals surface area contributed by atoms with Gasteiger partial charge in [-0.1, -0.05) is 6.07 Å². The van der Waals surface area contributed by atoms with Gasteiger partial charge < -0.3 is 5.32 Å². The summed E-state index contributed by atoms with van der Waals surface area (Å²) < 4.78 is 0. The van der Waals surface area contributed by atoms with Crippen molar-refractivity contribution in [3.05, 3.63) is 52.6 Å². The lowest BCUT2D eigenvalue weighted by Crippen LogP contribution is -2.03. The van der Waals surface area contributed by atoms with E-state index in [-0.39, 0.29) is 5.69 Å². The highest BCUT2D eigenvalue weighted by molar-refractivity contribution is 5.31. The molecule has 0 aliphatic rings. The second kappa shape index (κ2) is 4.97. The highest BCUT2D eigenvalue weighted by Crippen LogP contribution is 2.08. The van der Waals surface area contributed by atoms with Gasteiger partial charge >= 0.3 is 5.69 Å². The van der Waals surface area contributed by atoms with Crippen molar-refractivity contribution in [2.24, 2.45) is 0 Å². The quantitative estimate of drug-likeness (QED) is 0.631. The largest absolute Gasteiger partial charge is 0.350 e. The fourth-order valence-corrected chi connectivity index (χ4v) is 1.19. The summed E-state index contributed by atoms with van der Waals surface area (Å²) in [6.07, 6.45) is 5.74. The fraction of sp³-hybridized carbons (Fsp3) is 0.100. The van der Waals surface area contributed by atoms with Gasteiger partial charge in [0.05, 0.1) is 4.92 Å². The van der Waals surface area contributed by atoms with E-state index in [1.54, 1.807) is 12.4 Å². The minimum atomic E-state index is -0.537. The van der Waals surface area contributed by atoms with Crippen LogP contribution in [0.1, 0.15) is 5.56 Å². The van der Waals surface area contributed by atoms with Crippen molar-refractivity contribution in [2.75, 3.05) is 5.32 Å². The van der Waals surface area contributed by atoms with E-state index in [2.05, 4.69) is 20.3 Å². The Labute approximate surface area is 96.7 Å². The third-order valence-electron chi connectivity index (χ3n) is 2.02. The number of nitrogens with zero attached hydrogens (tertiary/aromatic N) is 4. The standard InChI is InChI=1S/C10H9N5O2/c16-15(17)9-6-13-10(14-7-9)12-5-8-2-1-3-11-4-8/h1-4,6-7H,5H2,(H,12,13,14). The molecule has 0 spiro atoms. The molecule has 7 nitrogen and oxygen atoms in total. The molecule has 2 heterocycles. The van der Waals surface area contributed by atoms with E-state index in [1.165, 1.54) is 12.4 Å². The Kier molecular flexibility index (Phi) is 3.20. The zero-order valence-corrected chi connectivity index (χ0v) is 8.78. The van der Waals surface area contributed by atoms with E-state index < -0.39 is 4.92 Å². The smallest absolute Gasteiger partial charge is 0.305 e. The third kappa shape index (κ3) is 2.94. The van der Waals surface area contributed by atoms with Gasteiger partial charge in [0.25, 0.3) is 0 Å². The van der Waals surface area contributed by atoms with Gasteiger partial charge in [0.1, 0.15) is 12.4 Å². The molecule has 17 heavy (non-hydrogen) atoms. The third-order valence-corrected chi connectivity index (χ3v) is 2.02. The zero-order chi connectivity index (χ0) is 12.1. The molecule has 7 heteroatoms. The van der Waals surface area contributed by atoms with E-state index >= 15 is 0 Å². The summed E-state index contributed by atoms with van der Waals surface area (Å²) in [4.78, 5) is 21.5. The summed E-state index contributed by atoms with van der Waals surface area (Å²) in [5.74, 6) is 0.347. The predicted molar refractivity (Wildman–Crippen MR) is 60.3 cm³/mol. The van der Waals surface area contributed by atoms with Crippen LogP contribution in [-0.2, 0) is 6.54 Å². The molecule has 86 valence electrons. The molecule has 0 fully saturated rings. The van der Waals surface area contributed by atoms with Crippen molar-refractivity contribution in [2.45, 2.75) is 6.54 Å². The molecule has 0 bridgehead atoms. The van der Waals surface area contributed by atoms with E-state index in [9.17, 15) is 10.1 Å². The van der Waals surface area contributed by atoms with Crippen LogP contribution in [-0.4, -0.2) is 19.9 Å². The Hall–Kier alpha value is -2.57. The summed E-state index contributed by atoms with van der Waals surface area (Å²) in [6, 6.07) is 3.74. The van der Waals surface area contributed by atoms with E-state index in [0.717, 1.165) is 5.56 Å². The normalized spacial score (nSPS) is 9.88. The number of rotatable bonds is 4. The molecule has 0 saturated heterocycles. The molecule has 0 aliphatic heterocycles. The van der Waals surface area contributed by atoms with Crippen molar-refractivity contribution < 1.29 is 4.92 Å². The topological polar surface area (TPSA) is 93.8 Å². The van der Waals surface area contributed by atoms with Gasteiger partial charge in [-0.15, -0.1) is 0 Å². The Morgan fingerprint density at radius 1 is 1.29 bits per heavy atom. The molecule has 2 aromatic heterocycles. The van der Waals surface area contributed by atoms with Crippen LogP contribution < -0.4 is 5.32 Å². The molecule has 2 rings (SSSR count). The number of nitrogens with one attached hydrogen (secondary N) is 1. The monoisotopic (exact) mass is 231 g/mol. The van der Waals surface area contributed by atoms with Crippen LogP contribution in [0.15, 0.2) is 36.9 Å². The SMILES string of the molecule is O=[N+]([O-])c1cnc(NCc2cccnc2)nc1.